The Bertz CT molecular complexity index is 1900. The van der Waals surface area contributed by atoms with Crippen LogP contribution in [-0.4, -0.2) is 27.0 Å². The second-order valence-electron chi connectivity index (χ2n) is 12.6. The molecule has 46 heavy (non-hydrogen) atoms. The van der Waals surface area contributed by atoms with Crippen LogP contribution in [0.15, 0.2) is 101 Å². The molecule has 0 spiro atoms. The monoisotopic (exact) mass is 610 g/mol. The molecule has 7 rings (SSSR count). The summed E-state index contributed by atoms with van der Waals surface area (Å²) in [6.07, 6.45) is 10.9. The van der Waals surface area contributed by atoms with Gasteiger partial charge < -0.3 is 13.6 Å². The molecule has 0 saturated heterocycles. The summed E-state index contributed by atoms with van der Waals surface area (Å²) >= 11 is 0. The van der Waals surface area contributed by atoms with Gasteiger partial charge in [0.05, 0.1) is 12.2 Å². The van der Waals surface area contributed by atoms with Crippen LogP contribution in [0.2, 0.25) is 0 Å². The minimum Gasteiger partial charge on any atom is -0.493 e. The summed E-state index contributed by atoms with van der Waals surface area (Å²) < 4.78 is 18.7. The highest BCUT2D eigenvalue weighted by Gasteiger charge is 2.34. The quantitative estimate of drug-likeness (QED) is 0.103. The number of allylic oxidation sites excluding steroid dienone is 4. The van der Waals surface area contributed by atoms with Gasteiger partial charge in [-0.05, 0) is 117 Å². The van der Waals surface area contributed by atoms with Crippen LogP contribution in [0.1, 0.15) is 57.1 Å². The summed E-state index contributed by atoms with van der Waals surface area (Å²) in [4.78, 5) is 0. The molecule has 0 amide bonds. The van der Waals surface area contributed by atoms with Crippen LogP contribution < -0.4 is 4.74 Å². The maximum atomic E-state index is 6.41. The summed E-state index contributed by atoms with van der Waals surface area (Å²) in [5, 5.41) is 17.4. The van der Waals surface area contributed by atoms with E-state index in [4.69, 9.17) is 13.6 Å². The molecule has 5 aromatic rings. The molecule has 0 radical (unpaired) electrons. The van der Waals surface area contributed by atoms with Crippen molar-refractivity contribution in [3.05, 3.63) is 103 Å². The van der Waals surface area contributed by atoms with E-state index in [0.29, 0.717) is 35.9 Å². The Balaban J connectivity index is 1.11. The fourth-order valence-electron chi connectivity index (χ4n) is 6.57. The van der Waals surface area contributed by atoms with Crippen molar-refractivity contribution in [2.45, 2.75) is 46.0 Å². The minimum absolute atomic E-state index is 0.387. The summed E-state index contributed by atoms with van der Waals surface area (Å²) in [6.45, 7) is 12.6. The van der Waals surface area contributed by atoms with E-state index in [9.17, 15) is 0 Å². The van der Waals surface area contributed by atoms with Gasteiger partial charge in [0.15, 0.2) is 0 Å². The molecule has 1 fully saturated rings. The first-order chi connectivity index (χ1) is 22.4. The van der Waals surface area contributed by atoms with Crippen LogP contribution in [0.3, 0.4) is 0 Å². The zero-order valence-corrected chi connectivity index (χ0v) is 26.4. The van der Waals surface area contributed by atoms with E-state index in [0.717, 1.165) is 75.1 Å². The SMILES string of the molecule is C=C(C)c1ccc(-c2nnc(-c3ccc(-c4nnc(-c5ccc(C(=C)C)cc5)o4)c(OCCCCC4CC5C=CC4C5)c3)o2)cc1. The van der Waals surface area contributed by atoms with Gasteiger partial charge in [-0.3, -0.25) is 0 Å². The summed E-state index contributed by atoms with van der Waals surface area (Å²) in [7, 11) is 0. The normalized spacial score (nSPS) is 18.3. The Hall–Kier alpha value is -5.04. The lowest BCUT2D eigenvalue weighted by molar-refractivity contribution is 0.294. The lowest BCUT2D eigenvalue weighted by Crippen LogP contribution is -2.07. The standard InChI is InChI=1S/C39H38N4O3/c1-24(2)27-10-14-29(15-11-27)36-40-42-38(45-36)33-18-19-34(39-43-41-37(46-39)30-16-12-28(13-17-30)25(3)4)35(23-33)44-20-6-5-7-31-21-26-8-9-32(31)22-26/h8-19,23,26,31-32H,1,3,5-7,20-22H2,2,4H3. The molecule has 7 heteroatoms. The fraction of sp³-hybridized carbons (Fsp3) is 0.282. The van der Waals surface area contributed by atoms with Gasteiger partial charge in [0.1, 0.15) is 5.75 Å². The zero-order valence-electron chi connectivity index (χ0n) is 26.4. The predicted molar refractivity (Wildman–Crippen MR) is 182 cm³/mol. The van der Waals surface area contributed by atoms with Crippen molar-refractivity contribution >= 4 is 11.1 Å². The molecule has 0 N–H and O–H groups in total. The van der Waals surface area contributed by atoms with Crippen molar-refractivity contribution in [2.75, 3.05) is 6.61 Å². The Morgan fingerprint density at radius 3 is 1.83 bits per heavy atom. The van der Waals surface area contributed by atoms with Crippen molar-refractivity contribution in [1.82, 2.24) is 20.4 Å². The summed E-state index contributed by atoms with van der Waals surface area (Å²) in [5.41, 5.74) is 7.30. The molecule has 2 aromatic heterocycles. The van der Waals surface area contributed by atoms with Crippen LogP contribution in [0.5, 0.6) is 5.75 Å². The average molecular weight is 611 g/mol. The van der Waals surface area contributed by atoms with Gasteiger partial charge in [0.25, 0.3) is 5.89 Å². The van der Waals surface area contributed by atoms with E-state index < -0.39 is 0 Å². The van der Waals surface area contributed by atoms with E-state index in [-0.39, 0.29) is 0 Å². The second-order valence-corrected chi connectivity index (χ2v) is 12.6. The maximum Gasteiger partial charge on any atom is 0.251 e. The van der Waals surface area contributed by atoms with Crippen molar-refractivity contribution in [2.24, 2.45) is 17.8 Å². The van der Waals surface area contributed by atoms with Gasteiger partial charge in [-0.2, -0.15) is 0 Å². The molecule has 3 atom stereocenters. The predicted octanol–water partition coefficient (Wildman–Crippen LogP) is 9.95. The molecule has 2 heterocycles. The number of aromatic nitrogens is 4. The highest BCUT2D eigenvalue weighted by atomic mass is 16.5. The number of fused-ring (bicyclic) bond motifs is 2. The Morgan fingerprint density at radius 2 is 1.26 bits per heavy atom. The number of ether oxygens (including phenoxy) is 1. The summed E-state index contributed by atoms with van der Waals surface area (Å²) in [6, 6.07) is 21.6. The average Bonchev–Trinajstić information content (AvgIpc) is 3.90. The fourth-order valence-corrected chi connectivity index (χ4v) is 6.57. The van der Waals surface area contributed by atoms with Crippen molar-refractivity contribution in [1.29, 1.82) is 0 Å². The first kappa shape index (κ1) is 29.7. The van der Waals surface area contributed by atoms with Crippen molar-refractivity contribution < 1.29 is 13.6 Å². The largest absolute Gasteiger partial charge is 0.493 e. The third-order valence-electron chi connectivity index (χ3n) is 9.20. The molecule has 1 saturated carbocycles. The number of hydrogen-bond acceptors (Lipinski definition) is 7. The van der Waals surface area contributed by atoms with Gasteiger partial charge in [-0.25, -0.2) is 0 Å². The van der Waals surface area contributed by atoms with E-state index in [1.807, 2.05) is 80.6 Å². The van der Waals surface area contributed by atoms with Crippen molar-refractivity contribution in [3.63, 3.8) is 0 Å². The smallest absolute Gasteiger partial charge is 0.251 e. The van der Waals surface area contributed by atoms with E-state index in [1.165, 1.54) is 19.3 Å². The van der Waals surface area contributed by atoms with Crippen LogP contribution in [0, 0.1) is 17.8 Å². The second kappa shape index (κ2) is 12.8. The number of hydrogen-bond donors (Lipinski definition) is 0. The third-order valence-corrected chi connectivity index (χ3v) is 9.20. The van der Waals surface area contributed by atoms with E-state index >= 15 is 0 Å². The van der Waals surface area contributed by atoms with Crippen LogP contribution in [0.4, 0.5) is 0 Å². The lowest BCUT2D eigenvalue weighted by atomic mass is 9.89. The Morgan fingerprint density at radius 1 is 0.696 bits per heavy atom. The summed E-state index contributed by atoms with van der Waals surface area (Å²) in [5.74, 6) is 4.73. The number of rotatable bonds is 12. The Labute approximate surface area is 269 Å². The highest BCUT2D eigenvalue weighted by Crippen LogP contribution is 2.45. The highest BCUT2D eigenvalue weighted by molar-refractivity contribution is 5.71. The molecular formula is C39H38N4O3. The lowest BCUT2D eigenvalue weighted by Gasteiger charge is -2.17. The minimum atomic E-state index is 0.387. The molecular weight excluding hydrogens is 572 g/mol. The molecule has 2 aliphatic carbocycles. The molecule has 2 aliphatic rings. The first-order valence-corrected chi connectivity index (χ1v) is 16.1. The van der Waals surface area contributed by atoms with Crippen LogP contribution in [0.25, 0.3) is 57.0 Å². The van der Waals surface area contributed by atoms with Crippen LogP contribution in [-0.2, 0) is 0 Å². The van der Waals surface area contributed by atoms with Gasteiger partial charge in [-0.15, -0.1) is 20.4 Å². The van der Waals surface area contributed by atoms with Gasteiger partial charge in [0, 0.05) is 16.7 Å². The molecule has 2 bridgehead atoms. The molecule has 232 valence electrons. The zero-order chi connectivity index (χ0) is 31.6. The van der Waals surface area contributed by atoms with Crippen molar-refractivity contribution in [3.8, 4) is 51.6 Å². The third kappa shape index (κ3) is 6.23. The maximum absolute atomic E-state index is 6.41. The molecule has 0 aliphatic heterocycles. The Kier molecular flexibility index (Phi) is 8.22. The van der Waals surface area contributed by atoms with E-state index in [1.54, 1.807) is 0 Å². The first-order valence-electron chi connectivity index (χ1n) is 16.1. The topological polar surface area (TPSA) is 87.1 Å². The molecule has 3 unspecified atom stereocenters. The van der Waals surface area contributed by atoms with Crippen LogP contribution >= 0.6 is 0 Å². The number of unbranched alkanes of at least 4 members (excludes halogenated alkanes) is 1. The van der Waals surface area contributed by atoms with Gasteiger partial charge in [0.2, 0.25) is 17.7 Å². The number of benzene rings is 3. The van der Waals surface area contributed by atoms with Gasteiger partial charge >= 0.3 is 0 Å². The molecule has 7 nitrogen and oxygen atoms in total. The van der Waals surface area contributed by atoms with Gasteiger partial charge in [-0.1, -0.05) is 60.7 Å². The van der Waals surface area contributed by atoms with E-state index in [2.05, 4.69) is 45.7 Å². The molecule has 3 aromatic carbocycles. The number of nitrogens with zero attached hydrogens (tertiary/aromatic N) is 4.